The van der Waals surface area contributed by atoms with Crippen LogP contribution in [-0.2, 0) is 11.8 Å². The number of nitrogens with zero attached hydrogens (tertiary/aromatic N) is 4. The number of aromatic amines is 1. The second-order valence-corrected chi connectivity index (χ2v) is 5.20. The van der Waals surface area contributed by atoms with Crippen LogP contribution in [0.25, 0.3) is 0 Å². The van der Waals surface area contributed by atoms with Gasteiger partial charge >= 0.3 is 0 Å². The molecule has 21 heavy (non-hydrogen) atoms. The van der Waals surface area contributed by atoms with Crippen LogP contribution in [0.4, 0.5) is 0 Å². The molecule has 0 unspecified atom stereocenters. The van der Waals surface area contributed by atoms with Crippen molar-refractivity contribution in [2.24, 2.45) is 7.05 Å². The van der Waals surface area contributed by atoms with Crippen LogP contribution < -0.4 is 5.32 Å². The number of H-pyrrole nitrogens is 1. The van der Waals surface area contributed by atoms with Gasteiger partial charge in [-0.1, -0.05) is 0 Å². The zero-order chi connectivity index (χ0) is 15.0. The molecule has 3 heterocycles. The lowest BCUT2D eigenvalue weighted by atomic mass is 10.0. The SMILES string of the molecule is Cc1nn(C)c(C)c1[C@H]1OCC[C@@H]1NC(=O)c1ncn[nH]1. The first kappa shape index (κ1) is 13.7. The zero-order valence-electron chi connectivity index (χ0n) is 12.3. The Morgan fingerprint density at radius 1 is 1.52 bits per heavy atom. The molecule has 2 atom stereocenters. The molecule has 8 nitrogen and oxygen atoms in total. The summed E-state index contributed by atoms with van der Waals surface area (Å²) < 4.78 is 7.67. The summed E-state index contributed by atoms with van der Waals surface area (Å²) in [6, 6.07) is -0.0933. The van der Waals surface area contributed by atoms with Crippen LogP contribution >= 0.6 is 0 Å². The van der Waals surface area contributed by atoms with Gasteiger partial charge in [0.25, 0.3) is 5.91 Å². The molecular formula is C13H18N6O2. The minimum atomic E-state index is -0.271. The Hall–Kier alpha value is -2.22. The van der Waals surface area contributed by atoms with Gasteiger partial charge in [-0.15, -0.1) is 0 Å². The maximum atomic E-state index is 12.1. The molecule has 3 rings (SSSR count). The molecule has 0 radical (unpaired) electrons. The summed E-state index contributed by atoms with van der Waals surface area (Å²) in [4.78, 5) is 16.0. The molecule has 8 heteroatoms. The van der Waals surface area contributed by atoms with Crippen molar-refractivity contribution >= 4 is 5.91 Å². The highest BCUT2D eigenvalue weighted by molar-refractivity contribution is 5.90. The van der Waals surface area contributed by atoms with Crippen molar-refractivity contribution in [3.05, 3.63) is 29.1 Å². The molecule has 1 aliphatic rings. The molecule has 0 spiro atoms. The van der Waals surface area contributed by atoms with E-state index >= 15 is 0 Å². The molecule has 1 aliphatic heterocycles. The minimum Gasteiger partial charge on any atom is -0.371 e. The Morgan fingerprint density at radius 3 is 2.95 bits per heavy atom. The predicted octanol–water partition coefficient (Wildman–Crippen LogP) is 0.415. The van der Waals surface area contributed by atoms with Crippen molar-refractivity contribution in [2.45, 2.75) is 32.4 Å². The van der Waals surface area contributed by atoms with Gasteiger partial charge in [-0.2, -0.15) is 10.2 Å². The van der Waals surface area contributed by atoms with E-state index in [0.717, 1.165) is 23.4 Å². The Balaban J connectivity index is 1.81. The van der Waals surface area contributed by atoms with Crippen LogP contribution in [0.15, 0.2) is 6.33 Å². The Kier molecular flexibility index (Phi) is 3.46. The quantitative estimate of drug-likeness (QED) is 0.853. The third-order valence-corrected chi connectivity index (χ3v) is 3.89. The summed E-state index contributed by atoms with van der Waals surface area (Å²) in [5.74, 6) is -0.0625. The highest BCUT2D eigenvalue weighted by Crippen LogP contribution is 2.33. The average Bonchev–Trinajstić information content (AvgIpc) is 3.14. The molecule has 2 aromatic heterocycles. The molecule has 2 aromatic rings. The lowest BCUT2D eigenvalue weighted by molar-refractivity contribution is 0.0810. The van der Waals surface area contributed by atoms with E-state index in [0.29, 0.717) is 6.61 Å². The van der Waals surface area contributed by atoms with E-state index in [2.05, 4.69) is 25.6 Å². The van der Waals surface area contributed by atoms with Gasteiger partial charge in [-0.3, -0.25) is 14.6 Å². The number of carbonyl (C=O) groups excluding carboxylic acids is 1. The summed E-state index contributed by atoms with van der Waals surface area (Å²) in [7, 11) is 1.91. The highest BCUT2D eigenvalue weighted by atomic mass is 16.5. The van der Waals surface area contributed by atoms with Crippen LogP contribution in [0.5, 0.6) is 0 Å². The fraction of sp³-hybridized carbons (Fsp3) is 0.538. The van der Waals surface area contributed by atoms with Gasteiger partial charge in [-0.25, -0.2) is 4.98 Å². The van der Waals surface area contributed by atoms with E-state index in [4.69, 9.17) is 4.74 Å². The third kappa shape index (κ3) is 2.42. The van der Waals surface area contributed by atoms with E-state index in [1.54, 1.807) is 0 Å². The molecule has 1 fully saturated rings. The number of hydrogen-bond donors (Lipinski definition) is 2. The van der Waals surface area contributed by atoms with Crippen molar-refractivity contribution in [1.82, 2.24) is 30.3 Å². The molecule has 0 bridgehead atoms. The molecule has 2 N–H and O–H groups in total. The second kappa shape index (κ2) is 5.28. The van der Waals surface area contributed by atoms with Gasteiger partial charge in [0.2, 0.25) is 5.82 Å². The van der Waals surface area contributed by atoms with Crippen molar-refractivity contribution < 1.29 is 9.53 Å². The molecule has 1 saturated heterocycles. The number of aromatic nitrogens is 5. The van der Waals surface area contributed by atoms with Crippen LogP contribution in [0.1, 0.15) is 40.1 Å². The third-order valence-electron chi connectivity index (χ3n) is 3.89. The van der Waals surface area contributed by atoms with Crippen LogP contribution in [0, 0.1) is 13.8 Å². The van der Waals surface area contributed by atoms with E-state index in [9.17, 15) is 4.79 Å². The van der Waals surface area contributed by atoms with Crippen LogP contribution in [-0.4, -0.2) is 43.5 Å². The topological polar surface area (TPSA) is 97.7 Å². The Morgan fingerprint density at radius 2 is 2.33 bits per heavy atom. The van der Waals surface area contributed by atoms with Crippen molar-refractivity contribution in [3.8, 4) is 0 Å². The first-order valence-corrected chi connectivity index (χ1v) is 6.86. The van der Waals surface area contributed by atoms with Gasteiger partial charge in [0.15, 0.2) is 0 Å². The van der Waals surface area contributed by atoms with Crippen molar-refractivity contribution in [1.29, 1.82) is 0 Å². The zero-order valence-corrected chi connectivity index (χ0v) is 12.3. The largest absolute Gasteiger partial charge is 0.371 e. The molecule has 1 amide bonds. The highest BCUT2D eigenvalue weighted by Gasteiger charge is 2.35. The fourth-order valence-electron chi connectivity index (χ4n) is 2.78. The monoisotopic (exact) mass is 290 g/mol. The molecule has 0 saturated carbocycles. The van der Waals surface area contributed by atoms with Crippen molar-refractivity contribution in [3.63, 3.8) is 0 Å². The summed E-state index contributed by atoms with van der Waals surface area (Å²) in [5.41, 5.74) is 3.04. The van der Waals surface area contributed by atoms with Crippen LogP contribution in [0.2, 0.25) is 0 Å². The predicted molar refractivity (Wildman–Crippen MR) is 73.6 cm³/mol. The van der Waals surface area contributed by atoms with Gasteiger partial charge in [0.05, 0.1) is 11.7 Å². The number of nitrogens with one attached hydrogen (secondary N) is 2. The summed E-state index contributed by atoms with van der Waals surface area (Å²) in [6.07, 6.45) is 1.90. The number of ether oxygens (including phenoxy) is 1. The second-order valence-electron chi connectivity index (χ2n) is 5.20. The lowest BCUT2D eigenvalue weighted by Crippen LogP contribution is -2.37. The maximum Gasteiger partial charge on any atom is 0.288 e. The summed E-state index contributed by atoms with van der Waals surface area (Å²) >= 11 is 0. The number of rotatable bonds is 3. The summed E-state index contributed by atoms with van der Waals surface area (Å²) in [6.45, 7) is 4.57. The Labute approximate surface area is 121 Å². The molecule has 0 aliphatic carbocycles. The lowest BCUT2D eigenvalue weighted by Gasteiger charge is -2.20. The minimum absolute atomic E-state index is 0.0933. The average molecular weight is 290 g/mol. The normalized spacial score (nSPS) is 21.7. The first-order valence-electron chi connectivity index (χ1n) is 6.86. The van der Waals surface area contributed by atoms with E-state index in [1.165, 1.54) is 6.33 Å². The molecule has 112 valence electrons. The maximum absolute atomic E-state index is 12.1. The smallest absolute Gasteiger partial charge is 0.288 e. The number of hydrogen-bond acceptors (Lipinski definition) is 5. The first-order chi connectivity index (χ1) is 10.1. The molecular weight excluding hydrogens is 272 g/mol. The van der Waals surface area contributed by atoms with E-state index in [1.807, 2.05) is 25.6 Å². The van der Waals surface area contributed by atoms with Crippen LogP contribution in [0.3, 0.4) is 0 Å². The summed E-state index contributed by atoms with van der Waals surface area (Å²) in [5, 5.41) is 13.6. The fourth-order valence-corrected chi connectivity index (χ4v) is 2.78. The number of carbonyl (C=O) groups is 1. The van der Waals surface area contributed by atoms with E-state index < -0.39 is 0 Å². The van der Waals surface area contributed by atoms with Gasteiger partial charge in [-0.05, 0) is 20.3 Å². The van der Waals surface area contributed by atoms with Crippen molar-refractivity contribution in [2.75, 3.05) is 6.61 Å². The molecule has 0 aromatic carbocycles. The van der Waals surface area contributed by atoms with Gasteiger partial charge in [0, 0.05) is 24.9 Å². The van der Waals surface area contributed by atoms with Gasteiger partial charge in [0.1, 0.15) is 12.4 Å². The van der Waals surface area contributed by atoms with Gasteiger partial charge < -0.3 is 10.1 Å². The number of amides is 1. The Bertz CT molecular complexity index is 648. The standard InChI is InChI=1S/C13H18N6O2/c1-7-10(8(2)19(3)18-7)11-9(4-5-21-11)16-13(20)12-14-6-15-17-12/h6,9,11H,4-5H2,1-3H3,(H,16,20)(H,14,15,17)/t9-,11-/m0/s1. The van der Waals surface area contributed by atoms with E-state index in [-0.39, 0.29) is 23.9 Å². The number of aryl methyl sites for hydroxylation is 2.